The van der Waals surface area contributed by atoms with E-state index >= 15 is 0 Å². The van der Waals surface area contributed by atoms with Crippen LogP contribution in [0, 0.1) is 5.92 Å². The number of rotatable bonds is 1. The summed E-state index contributed by atoms with van der Waals surface area (Å²) in [4.78, 5) is 11.8. The predicted octanol–water partition coefficient (Wildman–Crippen LogP) is 2.14. The van der Waals surface area contributed by atoms with Crippen molar-refractivity contribution in [2.75, 3.05) is 0 Å². The summed E-state index contributed by atoms with van der Waals surface area (Å²) in [5.74, 6) is 1.13. The zero-order valence-electron chi connectivity index (χ0n) is 8.27. The van der Waals surface area contributed by atoms with Gasteiger partial charge in [-0.3, -0.25) is 4.79 Å². The average Bonchev–Trinajstić information content (AvgIpc) is 3.00. The molecule has 3 nitrogen and oxygen atoms in total. The Bertz CT molecular complexity index is 421. The van der Waals surface area contributed by atoms with Gasteiger partial charge in [0.05, 0.1) is 0 Å². The van der Waals surface area contributed by atoms with Crippen LogP contribution in [0.3, 0.4) is 0 Å². The molecule has 3 rings (SSSR count). The number of fused-ring (bicyclic) bond motifs is 1. The van der Waals surface area contributed by atoms with Crippen LogP contribution in [0.25, 0.3) is 0 Å². The van der Waals surface area contributed by atoms with E-state index in [9.17, 15) is 9.90 Å². The van der Waals surface area contributed by atoms with E-state index in [1.54, 1.807) is 12.1 Å². The Hall–Kier alpha value is -1.51. The molecule has 15 heavy (non-hydrogen) atoms. The van der Waals surface area contributed by atoms with E-state index in [1.165, 1.54) is 6.07 Å². The van der Waals surface area contributed by atoms with Gasteiger partial charge in [0.2, 0.25) is 0 Å². The van der Waals surface area contributed by atoms with Gasteiger partial charge in [-0.2, -0.15) is 0 Å². The summed E-state index contributed by atoms with van der Waals surface area (Å²) in [7, 11) is 0. The number of ether oxygens (including phenoxy) is 1. The minimum atomic E-state index is 0.00579. The molecule has 0 saturated heterocycles. The van der Waals surface area contributed by atoms with Crippen LogP contribution < -0.4 is 4.74 Å². The summed E-state index contributed by atoms with van der Waals surface area (Å²) in [5.41, 5.74) is 0.356. The third-order valence-electron chi connectivity index (χ3n) is 3.10. The molecule has 0 amide bonds. The fraction of sp³-hybridized carbons (Fsp3) is 0.417. The molecule has 2 aliphatic rings. The number of hydrogen-bond acceptors (Lipinski definition) is 3. The van der Waals surface area contributed by atoms with Crippen LogP contribution in [0.2, 0.25) is 0 Å². The summed E-state index contributed by atoms with van der Waals surface area (Å²) in [5, 5.41) is 9.57. The third kappa shape index (κ3) is 1.39. The molecular weight excluding hydrogens is 192 g/mol. The molecule has 1 unspecified atom stereocenters. The maximum absolute atomic E-state index is 11.8. The number of hydrogen-bond donors (Lipinski definition) is 1. The number of carbonyl (C=O) groups is 1. The van der Waals surface area contributed by atoms with E-state index in [2.05, 4.69) is 0 Å². The van der Waals surface area contributed by atoms with Crippen molar-refractivity contribution in [2.24, 2.45) is 5.92 Å². The van der Waals surface area contributed by atoms with Crippen molar-refractivity contribution in [3.63, 3.8) is 0 Å². The first kappa shape index (κ1) is 8.77. The first-order valence-electron chi connectivity index (χ1n) is 5.27. The van der Waals surface area contributed by atoms with Crippen molar-refractivity contribution >= 4 is 5.78 Å². The van der Waals surface area contributed by atoms with Gasteiger partial charge in [0, 0.05) is 6.42 Å². The van der Waals surface area contributed by atoms with Crippen molar-refractivity contribution in [3.05, 3.63) is 23.8 Å². The van der Waals surface area contributed by atoms with Gasteiger partial charge in [0.1, 0.15) is 23.2 Å². The number of benzene rings is 1. The third-order valence-corrected chi connectivity index (χ3v) is 3.10. The van der Waals surface area contributed by atoms with Crippen LogP contribution in [-0.2, 0) is 0 Å². The number of carbonyl (C=O) groups excluding carboxylic acids is 1. The second kappa shape index (κ2) is 2.99. The Morgan fingerprint density at radius 1 is 1.33 bits per heavy atom. The van der Waals surface area contributed by atoms with Gasteiger partial charge >= 0.3 is 0 Å². The summed E-state index contributed by atoms with van der Waals surface area (Å²) in [6, 6.07) is 4.98. The minimum Gasteiger partial charge on any atom is -0.507 e. The SMILES string of the molecule is O=C1CC(C2CC2)Oc2cccc(O)c21. The van der Waals surface area contributed by atoms with Crippen molar-refractivity contribution in [1.82, 2.24) is 0 Å². The first-order valence-corrected chi connectivity index (χ1v) is 5.27. The minimum absolute atomic E-state index is 0.00579. The summed E-state index contributed by atoms with van der Waals surface area (Å²) in [6.07, 6.45) is 2.76. The molecule has 1 fully saturated rings. The van der Waals surface area contributed by atoms with E-state index in [0.717, 1.165) is 12.8 Å². The molecule has 1 aromatic carbocycles. The normalized spacial score (nSPS) is 24.5. The zero-order chi connectivity index (χ0) is 10.4. The predicted molar refractivity (Wildman–Crippen MR) is 54.2 cm³/mol. The molecule has 1 aromatic rings. The van der Waals surface area contributed by atoms with Crippen LogP contribution in [0.1, 0.15) is 29.6 Å². The maximum Gasteiger partial charge on any atom is 0.174 e. The lowest BCUT2D eigenvalue weighted by atomic mass is 9.97. The maximum atomic E-state index is 11.8. The van der Waals surface area contributed by atoms with Gasteiger partial charge in [0.25, 0.3) is 0 Å². The molecular formula is C12H12O3. The molecule has 1 atom stereocenters. The molecule has 0 radical (unpaired) electrons. The second-order valence-electron chi connectivity index (χ2n) is 4.27. The molecule has 3 heteroatoms. The molecule has 0 aromatic heterocycles. The highest BCUT2D eigenvalue weighted by molar-refractivity contribution is 6.02. The molecule has 1 N–H and O–H groups in total. The smallest absolute Gasteiger partial charge is 0.174 e. The quantitative estimate of drug-likeness (QED) is 0.762. The highest BCUT2D eigenvalue weighted by Gasteiger charge is 2.38. The molecule has 1 aliphatic heterocycles. The average molecular weight is 204 g/mol. The molecule has 0 spiro atoms. The fourth-order valence-corrected chi connectivity index (χ4v) is 2.12. The number of aromatic hydroxyl groups is 1. The van der Waals surface area contributed by atoms with Crippen molar-refractivity contribution in [1.29, 1.82) is 0 Å². The van der Waals surface area contributed by atoms with Gasteiger partial charge < -0.3 is 9.84 Å². The Morgan fingerprint density at radius 2 is 2.13 bits per heavy atom. The van der Waals surface area contributed by atoms with E-state index < -0.39 is 0 Å². The standard InChI is InChI=1S/C12H12O3/c13-8-2-1-3-10-12(8)9(14)6-11(15-10)7-4-5-7/h1-3,7,11,13H,4-6H2. The van der Waals surface area contributed by atoms with E-state index in [1.807, 2.05) is 0 Å². The molecule has 0 bridgehead atoms. The Balaban J connectivity index is 2.00. The highest BCUT2D eigenvalue weighted by atomic mass is 16.5. The Kier molecular flexibility index (Phi) is 1.75. The summed E-state index contributed by atoms with van der Waals surface area (Å²) in [6.45, 7) is 0. The van der Waals surface area contributed by atoms with Gasteiger partial charge in [-0.1, -0.05) is 6.07 Å². The zero-order valence-corrected chi connectivity index (χ0v) is 8.27. The van der Waals surface area contributed by atoms with Crippen molar-refractivity contribution in [3.8, 4) is 11.5 Å². The largest absolute Gasteiger partial charge is 0.507 e. The first-order chi connectivity index (χ1) is 7.25. The van der Waals surface area contributed by atoms with Gasteiger partial charge in [0.15, 0.2) is 5.78 Å². The van der Waals surface area contributed by atoms with Gasteiger partial charge in [-0.25, -0.2) is 0 Å². The van der Waals surface area contributed by atoms with E-state index in [-0.39, 0.29) is 17.6 Å². The number of ketones is 1. The highest BCUT2D eigenvalue weighted by Crippen LogP contribution is 2.42. The topological polar surface area (TPSA) is 46.5 Å². The fourth-order valence-electron chi connectivity index (χ4n) is 2.12. The van der Waals surface area contributed by atoms with Gasteiger partial charge in [-0.05, 0) is 30.9 Å². The lowest BCUT2D eigenvalue weighted by Gasteiger charge is -2.25. The number of phenolic OH excluding ortho intramolecular Hbond substituents is 1. The van der Waals surface area contributed by atoms with Crippen molar-refractivity contribution < 1.29 is 14.6 Å². The van der Waals surface area contributed by atoms with E-state index in [0.29, 0.717) is 23.7 Å². The number of Topliss-reactive ketones (excluding diaryl/α,β-unsaturated/α-hetero) is 1. The molecule has 1 saturated carbocycles. The van der Waals surface area contributed by atoms with Crippen LogP contribution in [0.5, 0.6) is 11.5 Å². The summed E-state index contributed by atoms with van der Waals surface area (Å²) >= 11 is 0. The Labute approximate surface area is 87.7 Å². The van der Waals surface area contributed by atoms with Crippen molar-refractivity contribution in [2.45, 2.75) is 25.4 Å². The van der Waals surface area contributed by atoms with Crippen LogP contribution >= 0.6 is 0 Å². The number of phenols is 1. The summed E-state index contributed by atoms with van der Waals surface area (Å²) < 4.78 is 5.73. The van der Waals surface area contributed by atoms with Crippen LogP contribution in [0.15, 0.2) is 18.2 Å². The second-order valence-corrected chi connectivity index (χ2v) is 4.27. The molecule has 1 aliphatic carbocycles. The molecule has 1 heterocycles. The van der Waals surface area contributed by atoms with E-state index in [4.69, 9.17) is 4.74 Å². The van der Waals surface area contributed by atoms with Crippen LogP contribution in [0.4, 0.5) is 0 Å². The van der Waals surface area contributed by atoms with Gasteiger partial charge in [-0.15, -0.1) is 0 Å². The monoisotopic (exact) mass is 204 g/mol. The lowest BCUT2D eigenvalue weighted by Crippen LogP contribution is -2.28. The molecule has 78 valence electrons. The lowest BCUT2D eigenvalue weighted by molar-refractivity contribution is 0.0814. The Morgan fingerprint density at radius 3 is 2.87 bits per heavy atom. The van der Waals surface area contributed by atoms with Crippen LogP contribution in [-0.4, -0.2) is 17.0 Å².